The average Bonchev–Trinajstić information content (AvgIpc) is 3.39. The lowest BCUT2D eigenvalue weighted by Gasteiger charge is -2.23. The molecular weight excluding hydrogens is 537 g/mol. The minimum Gasteiger partial charge on any atom is -0.391 e. The van der Waals surface area contributed by atoms with Crippen molar-refractivity contribution < 1.29 is 14.4 Å². The molecule has 8 nitrogen and oxygen atoms in total. The molecule has 0 spiro atoms. The van der Waals surface area contributed by atoms with Crippen LogP contribution in [0.15, 0.2) is 84.1 Å². The summed E-state index contributed by atoms with van der Waals surface area (Å²) in [4.78, 5) is 38.1. The Morgan fingerprint density at radius 2 is 1.90 bits per heavy atom. The van der Waals surface area contributed by atoms with Crippen LogP contribution in [0.3, 0.4) is 0 Å². The molecule has 4 aromatic rings. The average molecular weight is 558 g/mol. The molecule has 0 aliphatic carbocycles. The number of nitriles is 1. The van der Waals surface area contributed by atoms with Gasteiger partial charge in [0, 0.05) is 29.3 Å². The molecule has 2 heterocycles. The number of carbonyl (C=O) groups excluding carboxylic acids is 2. The summed E-state index contributed by atoms with van der Waals surface area (Å²) in [7, 11) is 0. The van der Waals surface area contributed by atoms with Gasteiger partial charge in [-0.3, -0.25) is 14.6 Å². The monoisotopic (exact) mass is 557 g/mol. The Hall–Kier alpha value is -4.45. The first-order valence-electron chi connectivity index (χ1n) is 12.0. The van der Waals surface area contributed by atoms with Gasteiger partial charge in [-0.2, -0.15) is 5.26 Å². The van der Waals surface area contributed by atoms with Gasteiger partial charge in [0.1, 0.15) is 12.6 Å². The zero-order valence-corrected chi connectivity index (χ0v) is 22.0. The van der Waals surface area contributed by atoms with Crippen molar-refractivity contribution in [3.8, 4) is 6.07 Å². The lowest BCUT2D eigenvalue weighted by Crippen LogP contribution is -2.43. The number of likely N-dealkylation sites (tertiary alicyclic amines) is 1. The molecule has 1 aromatic heterocycles. The maximum atomic E-state index is 13.4. The van der Waals surface area contributed by atoms with Crippen molar-refractivity contribution in [2.45, 2.75) is 19.1 Å². The van der Waals surface area contributed by atoms with Crippen LogP contribution in [0.4, 0.5) is 5.69 Å². The van der Waals surface area contributed by atoms with Gasteiger partial charge >= 0.3 is 0 Å². The smallest absolute Gasteiger partial charge is 0.254 e. The van der Waals surface area contributed by atoms with E-state index in [0.717, 1.165) is 16.5 Å². The molecule has 0 saturated carbocycles. The maximum Gasteiger partial charge on any atom is 0.254 e. The second kappa shape index (κ2) is 11.5. The summed E-state index contributed by atoms with van der Waals surface area (Å²) < 4.78 is 0. The molecule has 3 aromatic carbocycles. The van der Waals surface area contributed by atoms with E-state index >= 15 is 0 Å². The molecule has 5 rings (SSSR count). The molecule has 0 bridgehead atoms. The second-order valence-electron chi connectivity index (χ2n) is 8.92. The second-order valence-corrected chi connectivity index (χ2v) is 9.74. The minimum absolute atomic E-state index is 0.111. The number of fused-ring (bicyclic) bond motifs is 1. The van der Waals surface area contributed by atoms with Crippen LogP contribution < -0.4 is 5.32 Å². The van der Waals surface area contributed by atoms with E-state index in [0.29, 0.717) is 32.6 Å². The van der Waals surface area contributed by atoms with Crippen LogP contribution in [-0.2, 0) is 16.2 Å². The summed E-state index contributed by atoms with van der Waals surface area (Å²) in [6.45, 7) is 0.256. The molecule has 2 amide bonds. The first kappa shape index (κ1) is 26.2. The van der Waals surface area contributed by atoms with Crippen LogP contribution in [0.1, 0.15) is 27.9 Å². The van der Waals surface area contributed by atoms with Gasteiger partial charge in [0.15, 0.2) is 0 Å². The molecule has 1 atom stereocenters. The molecular formula is C29H21Cl2N5O3. The lowest BCUT2D eigenvalue weighted by molar-refractivity contribution is -0.119. The van der Waals surface area contributed by atoms with Crippen LogP contribution in [0, 0.1) is 11.3 Å². The van der Waals surface area contributed by atoms with Gasteiger partial charge in [0.05, 0.1) is 39.5 Å². The SMILES string of the molecule is N#Cc1ccc(C(=O)N2CC(=NOCc3ccc(Cl)c(Cl)c3)CC2C(=O)Nc2ccc3ncccc3c2)cc1. The Morgan fingerprint density at radius 3 is 2.67 bits per heavy atom. The Labute approximate surface area is 234 Å². The van der Waals surface area contributed by atoms with E-state index in [2.05, 4.69) is 15.5 Å². The minimum atomic E-state index is -0.815. The number of oxime groups is 1. The third-order valence-electron chi connectivity index (χ3n) is 6.26. The summed E-state index contributed by atoms with van der Waals surface area (Å²) in [6, 6.07) is 21.8. The number of nitrogens with zero attached hydrogens (tertiary/aromatic N) is 4. The molecule has 1 aliphatic rings. The number of amides is 2. The topological polar surface area (TPSA) is 108 Å². The molecule has 10 heteroatoms. The van der Waals surface area contributed by atoms with Crippen LogP contribution in [-0.4, -0.2) is 40.0 Å². The summed E-state index contributed by atoms with van der Waals surface area (Å²) in [6.07, 6.45) is 1.90. The van der Waals surface area contributed by atoms with Gasteiger partial charge < -0.3 is 15.1 Å². The van der Waals surface area contributed by atoms with Crippen molar-refractivity contribution in [1.29, 1.82) is 5.26 Å². The van der Waals surface area contributed by atoms with E-state index in [1.807, 2.05) is 30.3 Å². The van der Waals surface area contributed by atoms with Crippen LogP contribution >= 0.6 is 23.2 Å². The number of halogens is 2. The van der Waals surface area contributed by atoms with Crippen molar-refractivity contribution in [2.24, 2.45) is 5.16 Å². The van der Waals surface area contributed by atoms with Crippen molar-refractivity contribution in [3.05, 3.63) is 106 Å². The molecule has 1 unspecified atom stereocenters. The predicted octanol–water partition coefficient (Wildman–Crippen LogP) is 5.84. The lowest BCUT2D eigenvalue weighted by atomic mass is 10.1. The Bertz CT molecular complexity index is 1630. The maximum absolute atomic E-state index is 13.4. The van der Waals surface area contributed by atoms with Gasteiger partial charge in [-0.05, 0) is 66.2 Å². The van der Waals surface area contributed by atoms with E-state index < -0.39 is 6.04 Å². The highest BCUT2D eigenvalue weighted by Crippen LogP contribution is 2.25. The largest absolute Gasteiger partial charge is 0.391 e. The molecule has 1 aliphatic heterocycles. The number of benzene rings is 3. The first-order valence-corrected chi connectivity index (χ1v) is 12.8. The summed E-state index contributed by atoms with van der Waals surface area (Å²) in [5, 5.41) is 17.9. The quantitative estimate of drug-likeness (QED) is 0.299. The fraction of sp³-hybridized carbons (Fsp3) is 0.138. The fourth-order valence-corrected chi connectivity index (χ4v) is 4.60. The highest BCUT2D eigenvalue weighted by molar-refractivity contribution is 6.42. The predicted molar refractivity (Wildman–Crippen MR) is 150 cm³/mol. The van der Waals surface area contributed by atoms with Gasteiger partial charge in [-0.1, -0.05) is 40.5 Å². The molecule has 1 saturated heterocycles. The van der Waals surface area contributed by atoms with E-state index in [4.69, 9.17) is 33.3 Å². The zero-order chi connectivity index (χ0) is 27.4. The van der Waals surface area contributed by atoms with Gasteiger partial charge in [0.2, 0.25) is 5.91 Å². The van der Waals surface area contributed by atoms with Crippen molar-refractivity contribution in [1.82, 2.24) is 9.88 Å². The Morgan fingerprint density at radius 1 is 1.08 bits per heavy atom. The number of anilines is 1. The number of hydrogen-bond donors (Lipinski definition) is 1. The summed E-state index contributed by atoms with van der Waals surface area (Å²) in [5.41, 5.74) is 3.51. The normalized spacial score (nSPS) is 15.8. The zero-order valence-electron chi connectivity index (χ0n) is 20.5. The van der Waals surface area contributed by atoms with E-state index in [1.54, 1.807) is 54.7 Å². The number of carbonyl (C=O) groups is 2. The molecule has 0 radical (unpaired) electrons. The van der Waals surface area contributed by atoms with Crippen LogP contribution in [0.25, 0.3) is 10.9 Å². The van der Waals surface area contributed by atoms with Gasteiger partial charge in [0.25, 0.3) is 5.91 Å². The fourth-order valence-electron chi connectivity index (χ4n) is 4.28. The van der Waals surface area contributed by atoms with Crippen molar-refractivity contribution in [3.63, 3.8) is 0 Å². The third kappa shape index (κ3) is 6.01. The van der Waals surface area contributed by atoms with Gasteiger partial charge in [-0.25, -0.2) is 0 Å². The molecule has 39 heavy (non-hydrogen) atoms. The highest BCUT2D eigenvalue weighted by atomic mass is 35.5. The van der Waals surface area contributed by atoms with E-state index in [1.165, 1.54) is 4.90 Å². The first-order chi connectivity index (χ1) is 18.9. The standard InChI is InChI=1S/C29H21Cl2N5O3/c30-24-9-5-19(12-25(24)31)17-39-35-23-14-27(36(16-23)29(38)20-6-3-18(15-32)4-7-20)28(37)34-22-8-10-26-21(13-22)2-1-11-33-26/h1-13,27H,14,16-17H2,(H,34,37). The van der Waals surface area contributed by atoms with E-state index in [9.17, 15) is 9.59 Å². The number of rotatable bonds is 6. The number of pyridine rings is 1. The summed E-state index contributed by atoms with van der Waals surface area (Å²) >= 11 is 12.0. The van der Waals surface area contributed by atoms with E-state index in [-0.39, 0.29) is 31.4 Å². The molecule has 1 N–H and O–H groups in total. The van der Waals surface area contributed by atoms with Gasteiger partial charge in [-0.15, -0.1) is 0 Å². The number of nitrogens with one attached hydrogen (secondary N) is 1. The van der Waals surface area contributed by atoms with Crippen LogP contribution in [0.5, 0.6) is 0 Å². The Balaban J connectivity index is 1.35. The van der Waals surface area contributed by atoms with Crippen molar-refractivity contribution in [2.75, 3.05) is 11.9 Å². The Kier molecular flexibility index (Phi) is 7.73. The number of aromatic nitrogens is 1. The van der Waals surface area contributed by atoms with Crippen molar-refractivity contribution >= 4 is 57.3 Å². The number of hydrogen-bond acceptors (Lipinski definition) is 6. The van der Waals surface area contributed by atoms with Crippen LogP contribution in [0.2, 0.25) is 10.0 Å². The summed E-state index contributed by atoms with van der Waals surface area (Å²) in [5.74, 6) is -0.702. The third-order valence-corrected chi connectivity index (χ3v) is 7.00. The molecule has 194 valence electrons. The highest BCUT2D eigenvalue weighted by Gasteiger charge is 2.38. The molecule has 1 fully saturated rings.